The van der Waals surface area contributed by atoms with E-state index in [2.05, 4.69) is 4.98 Å². The minimum absolute atomic E-state index is 0.498. The third kappa shape index (κ3) is 2.24. The molecule has 10 heteroatoms. The summed E-state index contributed by atoms with van der Waals surface area (Å²) in [6.45, 7) is -0.652. The molecule has 4 atom stereocenters. The number of ether oxygens (including phenoxy) is 1. The second kappa shape index (κ2) is 5.15. The van der Waals surface area contributed by atoms with Crippen molar-refractivity contribution < 1.29 is 29.2 Å². The van der Waals surface area contributed by atoms with Gasteiger partial charge in [-0.2, -0.15) is 4.98 Å². The molecular formula is C10H12FN3O6. The lowest BCUT2D eigenvalue weighted by atomic mass is 10.1. The van der Waals surface area contributed by atoms with Crippen molar-refractivity contribution in [2.24, 2.45) is 0 Å². The molecule has 0 aromatic carbocycles. The molecule has 0 bridgehead atoms. The van der Waals surface area contributed by atoms with E-state index in [9.17, 15) is 19.1 Å². The van der Waals surface area contributed by atoms with Crippen LogP contribution < -0.4 is 11.4 Å². The number of aromatic carboxylic acids is 1. The molecule has 20 heavy (non-hydrogen) atoms. The average molecular weight is 289 g/mol. The number of rotatable bonds is 3. The predicted octanol–water partition coefficient (Wildman–Crippen LogP) is -1.89. The maximum absolute atomic E-state index is 13.9. The van der Waals surface area contributed by atoms with Gasteiger partial charge in [0.1, 0.15) is 23.6 Å². The minimum Gasteiger partial charge on any atom is -0.478 e. The molecule has 1 aromatic rings. The van der Waals surface area contributed by atoms with Crippen molar-refractivity contribution in [3.63, 3.8) is 0 Å². The molecule has 1 aliphatic rings. The molecule has 0 spiro atoms. The largest absolute Gasteiger partial charge is 0.478 e. The monoisotopic (exact) mass is 289 g/mol. The van der Waals surface area contributed by atoms with Crippen molar-refractivity contribution in [1.82, 2.24) is 9.55 Å². The molecule has 2 rings (SSSR count). The Hall–Kier alpha value is -2.04. The molecule has 9 nitrogen and oxygen atoms in total. The van der Waals surface area contributed by atoms with E-state index >= 15 is 0 Å². The summed E-state index contributed by atoms with van der Waals surface area (Å²) in [5.41, 5.74) is 3.76. The number of aliphatic hydroxyl groups is 2. The summed E-state index contributed by atoms with van der Waals surface area (Å²) in [5, 5.41) is 27.3. The zero-order chi connectivity index (χ0) is 15.0. The van der Waals surface area contributed by atoms with Crippen LogP contribution in [0.15, 0.2) is 11.0 Å². The molecule has 1 saturated heterocycles. The van der Waals surface area contributed by atoms with Crippen molar-refractivity contribution in [2.75, 3.05) is 12.3 Å². The van der Waals surface area contributed by atoms with Crippen molar-refractivity contribution in [3.05, 3.63) is 22.2 Å². The van der Waals surface area contributed by atoms with Gasteiger partial charge in [-0.3, -0.25) is 4.57 Å². The number of carbonyl (C=O) groups is 1. The third-order valence-electron chi connectivity index (χ3n) is 2.96. The van der Waals surface area contributed by atoms with Crippen molar-refractivity contribution in [3.8, 4) is 0 Å². The van der Waals surface area contributed by atoms with Crippen LogP contribution in [0.5, 0.6) is 0 Å². The van der Waals surface area contributed by atoms with Gasteiger partial charge >= 0.3 is 11.7 Å². The average Bonchev–Trinajstić information content (AvgIpc) is 2.66. The molecular weight excluding hydrogens is 277 g/mol. The van der Waals surface area contributed by atoms with Gasteiger partial charge in [-0.15, -0.1) is 0 Å². The topological polar surface area (TPSA) is 148 Å². The number of aliphatic hydroxyl groups excluding tert-OH is 2. The number of carboxylic acid groups (broad SMARTS) is 1. The number of halogens is 1. The van der Waals surface area contributed by atoms with Gasteiger partial charge in [-0.05, 0) is 0 Å². The van der Waals surface area contributed by atoms with Crippen molar-refractivity contribution in [1.29, 1.82) is 0 Å². The van der Waals surface area contributed by atoms with Gasteiger partial charge in [0.05, 0.1) is 6.61 Å². The van der Waals surface area contributed by atoms with Crippen LogP contribution in [0, 0.1) is 0 Å². The molecule has 0 amide bonds. The second-order valence-electron chi connectivity index (χ2n) is 4.22. The number of hydrogen-bond acceptors (Lipinski definition) is 7. The van der Waals surface area contributed by atoms with Gasteiger partial charge in [0.15, 0.2) is 12.4 Å². The number of alkyl halides is 1. The first kappa shape index (κ1) is 14.4. The first-order valence-corrected chi connectivity index (χ1v) is 5.57. The van der Waals surface area contributed by atoms with E-state index in [1.165, 1.54) is 0 Å². The molecule has 110 valence electrons. The first-order chi connectivity index (χ1) is 9.36. The predicted molar refractivity (Wildman–Crippen MR) is 61.8 cm³/mol. The van der Waals surface area contributed by atoms with Gasteiger partial charge in [0.25, 0.3) is 0 Å². The fourth-order valence-corrected chi connectivity index (χ4v) is 1.91. The Morgan fingerprint density at radius 2 is 2.25 bits per heavy atom. The fraction of sp³-hybridized carbons (Fsp3) is 0.500. The van der Waals surface area contributed by atoms with Crippen LogP contribution in [0.2, 0.25) is 0 Å². The summed E-state index contributed by atoms with van der Waals surface area (Å²) in [6.07, 6.45) is -5.66. The van der Waals surface area contributed by atoms with Crippen LogP contribution in [0.25, 0.3) is 0 Å². The van der Waals surface area contributed by atoms with Crippen molar-refractivity contribution in [2.45, 2.75) is 24.6 Å². The summed E-state index contributed by atoms with van der Waals surface area (Å²) < 4.78 is 19.4. The summed E-state index contributed by atoms with van der Waals surface area (Å²) in [4.78, 5) is 25.8. The van der Waals surface area contributed by atoms with Gasteiger partial charge in [-0.25, -0.2) is 14.0 Å². The quantitative estimate of drug-likeness (QED) is 0.505. The van der Waals surface area contributed by atoms with E-state index in [1.807, 2.05) is 0 Å². The number of anilines is 1. The fourth-order valence-electron chi connectivity index (χ4n) is 1.91. The molecule has 1 aromatic heterocycles. The number of aromatic nitrogens is 2. The zero-order valence-corrected chi connectivity index (χ0v) is 10.0. The Morgan fingerprint density at radius 3 is 2.75 bits per heavy atom. The molecule has 0 radical (unpaired) electrons. The molecule has 1 aliphatic heterocycles. The maximum Gasteiger partial charge on any atom is 0.351 e. The van der Waals surface area contributed by atoms with Crippen LogP contribution in [-0.2, 0) is 4.74 Å². The summed E-state index contributed by atoms with van der Waals surface area (Å²) in [7, 11) is 0. The normalized spacial score (nSPS) is 29.6. The Morgan fingerprint density at radius 1 is 1.60 bits per heavy atom. The lowest BCUT2D eigenvalue weighted by Gasteiger charge is -2.16. The van der Waals surface area contributed by atoms with E-state index in [-0.39, 0.29) is 0 Å². The Kier molecular flexibility index (Phi) is 3.70. The van der Waals surface area contributed by atoms with E-state index in [0.717, 1.165) is 6.20 Å². The highest BCUT2D eigenvalue weighted by Crippen LogP contribution is 2.31. The smallest absolute Gasteiger partial charge is 0.351 e. The van der Waals surface area contributed by atoms with Gasteiger partial charge in [0, 0.05) is 6.20 Å². The van der Waals surface area contributed by atoms with Crippen molar-refractivity contribution >= 4 is 11.8 Å². The highest BCUT2D eigenvalue weighted by molar-refractivity contribution is 5.92. The molecule has 2 heterocycles. The number of carboxylic acids is 1. The number of nitrogen functional groups attached to an aromatic ring is 1. The Labute approximate surface area is 111 Å². The minimum atomic E-state index is -2.02. The van der Waals surface area contributed by atoms with Gasteiger partial charge in [0.2, 0.25) is 0 Å². The van der Waals surface area contributed by atoms with Gasteiger partial charge in [-0.1, -0.05) is 0 Å². The maximum atomic E-state index is 13.9. The Bertz CT molecular complexity index is 591. The van der Waals surface area contributed by atoms with E-state index in [0.29, 0.717) is 4.57 Å². The lowest BCUT2D eigenvalue weighted by molar-refractivity contribution is -0.0491. The molecule has 1 fully saturated rings. The van der Waals surface area contributed by atoms with Crippen LogP contribution in [-0.4, -0.2) is 55.8 Å². The van der Waals surface area contributed by atoms with Crippen LogP contribution in [0.4, 0.5) is 10.2 Å². The summed E-state index contributed by atoms with van der Waals surface area (Å²) >= 11 is 0. The lowest BCUT2D eigenvalue weighted by Crippen LogP contribution is -2.34. The SMILES string of the molecule is Nc1nc(=O)n([C@@H]2O[C@H](CO)[C@@H](O)[C@H]2F)cc1C(=O)O. The number of hydrogen-bond donors (Lipinski definition) is 4. The Balaban J connectivity index is 2.46. The van der Waals surface area contributed by atoms with Crippen LogP contribution in [0.1, 0.15) is 16.6 Å². The third-order valence-corrected chi connectivity index (χ3v) is 2.96. The number of nitrogens with two attached hydrogens (primary N) is 1. The van der Waals surface area contributed by atoms with E-state index < -0.39 is 54.3 Å². The zero-order valence-electron chi connectivity index (χ0n) is 10.0. The highest BCUT2D eigenvalue weighted by atomic mass is 19.1. The molecule has 0 unspecified atom stereocenters. The second-order valence-corrected chi connectivity index (χ2v) is 4.22. The number of nitrogens with zero attached hydrogens (tertiary/aromatic N) is 2. The summed E-state index contributed by atoms with van der Waals surface area (Å²) in [6, 6.07) is 0. The van der Waals surface area contributed by atoms with Gasteiger partial charge < -0.3 is 25.8 Å². The highest BCUT2D eigenvalue weighted by Gasteiger charge is 2.45. The van der Waals surface area contributed by atoms with Crippen LogP contribution in [0.3, 0.4) is 0 Å². The standard InChI is InChI=1S/C10H12FN3O6/c11-5-6(16)4(2-15)20-8(5)14-1-3(9(17)18)7(12)13-10(14)19/h1,4-6,8,15-16H,2H2,(H,17,18)(H2,12,13,19)/t4-,5-,6-,8-/m1/s1. The molecule has 5 N–H and O–H groups in total. The first-order valence-electron chi connectivity index (χ1n) is 5.57. The van der Waals surface area contributed by atoms with E-state index in [4.69, 9.17) is 20.7 Å². The molecule has 0 aliphatic carbocycles. The van der Waals surface area contributed by atoms with E-state index in [1.54, 1.807) is 0 Å². The molecule has 0 saturated carbocycles. The van der Waals surface area contributed by atoms with Crippen LogP contribution >= 0.6 is 0 Å². The summed E-state index contributed by atoms with van der Waals surface area (Å²) in [5.74, 6) is -1.96.